The highest BCUT2D eigenvalue weighted by molar-refractivity contribution is 7.71. The molecule has 0 radical (unpaired) electrons. The van der Waals surface area contributed by atoms with Crippen LogP contribution in [0.3, 0.4) is 0 Å². The van der Waals surface area contributed by atoms with E-state index in [0.29, 0.717) is 30.8 Å². The molecule has 3 rings (SSSR count). The molecule has 1 unspecified atom stereocenters. The number of halogens is 1. The second-order valence-electron chi connectivity index (χ2n) is 7.21. The minimum atomic E-state index is -0.320. The summed E-state index contributed by atoms with van der Waals surface area (Å²) in [6.45, 7) is 4.26. The SMILES string of the molecule is CCn1c(CCNC(=O)C2CCCN(C(=O)Cc3ccc(F)cc3)C2)n[nH]c1=S. The molecule has 1 aliphatic heterocycles. The molecule has 0 spiro atoms. The number of amides is 2. The van der Waals surface area contributed by atoms with Crippen LogP contribution in [0.25, 0.3) is 0 Å². The van der Waals surface area contributed by atoms with Crippen LogP contribution in [0.2, 0.25) is 0 Å². The summed E-state index contributed by atoms with van der Waals surface area (Å²) in [5.41, 5.74) is 0.771. The van der Waals surface area contributed by atoms with Crippen molar-refractivity contribution < 1.29 is 14.0 Å². The summed E-state index contributed by atoms with van der Waals surface area (Å²) in [6.07, 6.45) is 2.36. The van der Waals surface area contributed by atoms with Gasteiger partial charge in [0.1, 0.15) is 11.6 Å². The van der Waals surface area contributed by atoms with Crippen LogP contribution in [0.1, 0.15) is 31.2 Å². The van der Waals surface area contributed by atoms with Crippen molar-refractivity contribution in [3.8, 4) is 0 Å². The highest BCUT2D eigenvalue weighted by Crippen LogP contribution is 2.18. The Bertz CT molecular complexity index is 908. The summed E-state index contributed by atoms with van der Waals surface area (Å²) in [5.74, 6) is 0.207. The Labute approximate surface area is 174 Å². The van der Waals surface area contributed by atoms with Crippen LogP contribution in [0.4, 0.5) is 4.39 Å². The third-order valence-electron chi connectivity index (χ3n) is 5.21. The van der Waals surface area contributed by atoms with E-state index in [2.05, 4.69) is 15.5 Å². The van der Waals surface area contributed by atoms with Gasteiger partial charge >= 0.3 is 0 Å². The van der Waals surface area contributed by atoms with E-state index in [1.165, 1.54) is 12.1 Å². The minimum absolute atomic E-state index is 0.0346. The lowest BCUT2D eigenvalue weighted by molar-refractivity contribution is -0.135. The normalized spacial score (nSPS) is 16.6. The van der Waals surface area contributed by atoms with E-state index >= 15 is 0 Å². The molecule has 156 valence electrons. The van der Waals surface area contributed by atoms with Gasteiger partial charge in [-0.15, -0.1) is 0 Å². The highest BCUT2D eigenvalue weighted by Gasteiger charge is 2.28. The van der Waals surface area contributed by atoms with Gasteiger partial charge in [0, 0.05) is 32.6 Å². The van der Waals surface area contributed by atoms with E-state index in [9.17, 15) is 14.0 Å². The number of hydrogen-bond acceptors (Lipinski definition) is 4. The monoisotopic (exact) mass is 419 g/mol. The van der Waals surface area contributed by atoms with Gasteiger partial charge in [-0.25, -0.2) is 4.39 Å². The van der Waals surface area contributed by atoms with Crippen LogP contribution in [0.5, 0.6) is 0 Å². The van der Waals surface area contributed by atoms with E-state index in [1.54, 1.807) is 17.0 Å². The number of benzene rings is 1. The zero-order valence-electron chi connectivity index (χ0n) is 16.5. The maximum Gasteiger partial charge on any atom is 0.227 e. The Kier molecular flexibility index (Phi) is 7.13. The molecule has 1 aliphatic rings. The van der Waals surface area contributed by atoms with E-state index in [-0.39, 0.29) is 30.0 Å². The molecule has 2 heterocycles. The fourth-order valence-electron chi connectivity index (χ4n) is 3.62. The van der Waals surface area contributed by atoms with Crippen LogP contribution in [0, 0.1) is 16.5 Å². The van der Waals surface area contributed by atoms with Gasteiger partial charge in [0.2, 0.25) is 11.8 Å². The van der Waals surface area contributed by atoms with Crippen molar-refractivity contribution >= 4 is 24.0 Å². The van der Waals surface area contributed by atoms with Crippen LogP contribution >= 0.6 is 12.2 Å². The zero-order chi connectivity index (χ0) is 20.8. The van der Waals surface area contributed by atoms with Crippen molar-refractivity contribution in [2.45, 2.75) is 39.2 Å². The molecule has 1 aromatic carbocycles. The van der Waals surface area contributed by atoms with Crippen molar-refractivity contribution in [3.63, 3.8) is 0 Å². The Morgan fingerprint density at radius 2 is 2.10 bits per heavy atom. The smallest absolute Gasteiger partial charge is 0.227 e. The Hall–Kier alpha value is -2.55. The number of aromatic amines is 1. The molecule has 2 aromatic rings. The number of rotatable bonds is 7. The first-order chi connectivity index (χ1) is 14.0. The maximum absolute atomic E-state index is 13.0. The van der Waals surface area contributed by atoms with Crippen molar-refractivity contribution in [3.05, 3.63) is 46.2 Å². The minimum Gasteiger partial charge on any atom is -0.355 e. The number of aromatic nitrogens is 3. The van der Waals surface area contributed by atoms with Crippen LogP contribution in [0.15, 0.2) is 24.3 Å². The van der Waals surface area contributed by atoms with Crippen LogP contribution < -0.4 is 5.32 Å². The number of piperidine rings is 1. The lowest BCUT2D eigenvalue weighted by Crippen LogP contribution is -2.46. The third-order valence-corrected chi connectivity index (χ3v) is 5.53. The molecule has 0 aliphatic carbocycles. The van der Waals surface area contributed by atoms with Crippen LogP contribution in [-0.2, 0) is 29.0 Å². The van der Waals surface area contributed by atoms with Gasteiger partial charge in [-0.1, -0.05) is 12.1 Å². The third kappa shape index (κ3) is 5.50. The standard InChI is InChI=1S/C20H26FN5O2S/c1-2-26-17(23-24-20(26)29)9-10-22-19(28)15-4-3-11-25(13-15)18(27)12-14-5-7-16(21)8-6-14/h5-8,15H,2-4,9-13H2,1H3,(H,22,28)(H,24,29). The fourth-order valence-corrected chi connectivity index (χ4v) is 3.90. The van der Waals surface area contributed by atoms with Gasteiger partial charge in [0.25, 0.3) is 0 Å². The molecular formula is C20H26FN5O2S. The topological polar surface area (TPSA) is 83.0 Å². The van der Waals surface area contributed by atoms with Crippen molar-refractivity contribution in [2.24, 2.45) is 5.92 Å². The summed E-state index contributed by atoms with van der Waals surface area (Å²) < 4.78 is 15.5. The Balaban J connectivity index is 1.49. The summed E-state index contributed by atoms with van der Waals surface area (Å²) in [6, 6.07) is 5.94. The molecule has 29 heavy (non-hydrogen) atoms. The molecule has 2 N–H and O–H groups in total. The first-order valence-corrected chi connectivity index (χ1v) is 10.3. The summed E-state index contributed by atoms with van der Waals surface area (Å²) in [5, 5.41) is 9.92. The Morgan fingerprint density at radius 1 is 1.34 bits per heavy atom. The molecule has 1 aromatic heterocycles. The molecule has 0 saturated carbocycles. The number of nitrogens with one attached hydrogen (secondary N) is 2. The van der Waals surface area contributed by atoms with Gasteiger partial charge in [-0.05, 0) is 49.7 Å². The first kappa shape index (κ1) is 21.2. The summed E-state index contributed by atoms with van der Waals surface area (Å²) >= 11 is 5.17. The van der Waals surface area contributed by atoms with E-state index < -0.39 is 0 Å². The second kappa shape index (κ2) is 9.78. The van der Waals surface area contributed by atoms with Crippen molar-refractivity contribution in [1.29, 1.82) is 0 Å². The predicted octanol–water partition coefficient (Wildman–Crippen LogP) is 2.24. The first-order valence-electron chi connectivity index (χ1n) is 9.92. The van der Waals surface area contributed by atoms with Crippen molar-refractivity contribution in [1.82, 2.24) is 25.0 Å². The summed E-state index contributed by atoms with van der Waals surface area (Å²) in [4.78, 5) is 26.9. The number of hydrogen-bond donors (Lipinski definition) is 2. The lowest BCUT2D eigenvalue weighted by Gasteiger charge is -2.32. The predicted molar refractivity (Wildman–Crippen MR) is 109 cm³/mol. The average Bonchev–Trinajstić information content (AvgIpc) is 3.09. The largest absolute Gasteiger partial charge is 0.355 e. The van der Waals surface area contributed by atoms with Crippen LogP contribution in [-0.4, -0.2) is 51.1 Å². The highest BCUT2D eigenvalue weighted by atomic mass is 32.1. The maximum atomic E-state index is 13.0. The van der Waals surface area contributed by atoms with E-state index in [1.807, 2.05) is 11.5 Å². The zero-order valence-corrected chi connectivity index (χ0v) is 17.3. The molecule has 2 amide bonds. The molecular weight excluding hydrogens is 393 g/mol. The van der Waals surface area contributed by atoms with E-state index in [0.717, 1.165) is 30.8 Å². The summed E-state index contributed by atoms with van der Waals surface area (Å²) in [7, 11) is 0. The van der Waals surface area contributed by atoms with Crippen molar-refractivity contribution in [2.75, 3.05) is 19.6 Å². The average molecular weight is 420 g/mol. The molecule has 1 atom stereocenters. The molecule has 9 heteroatoms. The van der Waals surface area contributed by atoms with E-state index in [4.69, 9.17) is 12.2 Å². The lowest BCUT2D eigenvalue weighted by atomic mass is 9.96. The van der Waals surface area contributed by atoms with Gasteiger partial charge in [-0.3, -0.25) is 14.7 Å². The molecule has 7 nitrogen and oxygen atoms in total. The number of carbonyl (C=O) groups is 2. The molecule has 1 saturated heterocycles. The quantitative estimate of drug-likeness (QED) is 0.675. The van der Waals surface area contributed by atoms with Gasteiger partial charge in [0.15, 0.2) is 4.77 Å². The number of likely N-dealkylation sites (tertiary alicyclic amines) is 1. The number of carbonyl (C=O) groups excluding carboxylic acids is 2. The Morgan fingerprint density at radius 3 is 2.83 bits per heavy atom. The molecule has 1 fully saturated rings. The second-order valence-corrected chi connectivity index (χ2v) is 7.60. The number of nitrogens with zero attached hydrogens (tertiary/aromatic N) is 3. The van der Waals surface area contributed by atoms with Gasteiger partial charge < -0.3 is 14.8 Å². The van der Waals surface area contributed by atoms with Gasteiger partial charge in [0.05, 0.1) is 12.3 Å². The fraction of sp³-hybridized carbons (Fsp3) is 0.500. The molecule has 0 bridgehead atoms. The van der Waals surface area contributed by atoms with Gasteiger partial charge in [-0.2, -0.15) is 5.10 Å². The number of H-pyrrole nitrogens is 1.